The molecule has 0 saturated carbocycles. The summed E-state index contributed by atoms with van der Waals surface area (Å²) in [4.78, 5) is 0. The monoisotopic (exact) mass is 285 g/mol. The molecule has 0 saturated heterocycles. The maximum Gasteiger partial charge on any atom is 0.126 e. The van der Waals surface area contributed by atoms with Crippen LogP contribution in [-0.4, -0.2) is 7.05 Å². The van der Waals surface area contributed by atoms with Gasteiger partial charge in [0, 0.05) is 4.70 Å². The van der Waals surface area contributed by atoms with E-state index in [4.69, 9.17) is 0 Å². The molecule has 3 aromatic rings. The van der Waals surface area contributed by atoms with Crippen LogP contribution in [0.1, 0.15) is 22.7 Å². The summed E-state index contributed by atoms with van der Waals surface area (Å²) in [6, 6.07) is 13.8. The van der Waals surface area contributed by atoms with Gasteiger partial charge in [-0.3, -0.25) is 0 Å². The minimum Gasteiger partial charge on any atom is -0.309 e. The number of hydrogen-bond acceptors (Lipinski definition) is 2. The van der Waals surface area contributed by atoms with E-state index in [1.54, 1.807) is 24.3 Å². The molecule has 0 bridgehead atoms. The summed E-state index contributed by atoms with van der Waals surface area (Å²) >= 11 is 1.75. The number of halogens is 1. The van der Waals surface area contributed by atoms with Crippen LogP contribution in [0.25, 0.3) is 10.1 Å². The molecular formula is C17H16FNS. The molecule has 0 aliphatic carbocycles. The van der Waals surface area contributed by atoms with Crippen LogP contribution < -0.4 is 5.32 Å². The van der Waals surface area contributed by atoms with Gasteiger partial charge in [-0.25, -0.2) is 4.39 Å². The predicted molar refractivity (Wildman–Crippen MR) is 83.9 cm³/mol. The van der Waals surface area contributed by atoms with Gasteiger partial charge < -0.3 is 5.32 Å². The van der Waals surface area contributed by atoms with Gasteiger partial charge in [-0.05, 0) is 53.6 Å². The third kappa shape index (κ3) is 2.23. The molecular weight excluding hydrogens is 269 g/mol. The SMILES string of the molecule is CNC(c1ccc(F)c(C)c1)c1csc2ccccc12. The van der Waals surface area contributed by atoms with Crippen molar-refractivity contribution < 1.29 is 4.39 Å². The van der Waals surface area contributed by atoms with E-state index >= 15 is 0 Å². The normalized spacial score (nSPS) is 12.8. The zero-order chi connectivity index (χ0) is 14.1. The van der Waals surface area contributed by atoms with Gasteiger partial charge in [0.1, 0.15) is 5.82 Å². The summed E-state index contributed by atoms with van der Waals surface area (Å²) in [5, 5.41) is 6.79. The second kappa shape index (κ2) is 5.35. The van der Waals surface area contributed by atoms with Gasteiger partial charge in [0.15, 0.2) is 0 Å². The van der Waals surface area contributed by atoms with Crippen molar-refractivity contribution in [3.8, 4) is 0 Å². The van der Waals surface area contributed by atoms with Crippen LogP contribution in [0.2, 0.25) is 0 Å². The Hall–Kier alpha value is -1.71. The Balaban J connectivity index is 2.11. The fraction of sp³-hybridized carbons (Fsp3) is 0.176. The van der Waals surface area contributed by atoms with Gasteiger partial charge in [0.05, 0.1) is 6.04 Å². The van der Waals surface area contributed by atoms with E-state index in [0.717, 1.165) is 5.56 Å². The highest BCUT2D eigenvalue weighted by Crippen LogP contribution is 2.33. The van der Waals surface area contributed by atoms with E-state index in [9.17, 15) is 4.39 Å². The lowest BCUT2D eigenvalue weighted by Crippen LogP contribution is -2.17. The Morgan fingerprint density at radius 1 is 1.15 bits per heavy atom. The zero-order valence-electron chi connectivity index (χ0n) is 11.5. The van der Waals surface area contributed by atoms with E-state index in [1.807, 2.05) is 19.2 Å². The summed E-state index contributed by atoms with van der Waals surface area (Å²) in [7, 11) is 1.94. The maximum atomic E-state index is 13.4. The summed E-state index contributed by atoms with van der Waals surface area (Å²) in [5.41, 5.74) is 3.02. The molecule has 102 valence electrons. The molecule has 1 unspecified atom stereocenters. The van der Waals surface area contributed by atoms with Crippen LogP contribution >= 0.6 is 11.3 Å². The number of thiophene rings is 1. The maximum absolute atomic E-state index is 13.4. The van der Waals surface area contributed by atoms with E-state index in [0.29, 0.717) is 5.56 Å². The minimum atomic E-state index is -0.154. The van der Waals surface area contributed by atoms with Crippen molar-refractivity contribution in [2.75, 3.05) is 7.05 Å². The highest BCUT2D eigenvalue weighted by atomic mass is 32.1. The highest BCUT2D eigenvalue weighted by molar-refractivity contribution is 7.17. The first kappa shape index (κ1) is 13.3. The molecule has 1 N–H and O–H groups in total. The molecule has 0 radical (unpaired) electrons. The lowest BCUT2D eigenvalue weighted by Gasteiger charge is -2.17. The average Bonchev–Trinajstić information content (AvgIpc) is 2.88. The third-order valence-corrected chi connectivity index (χ3v) is 4.61. The molecule has 2 aromatic carbocycles. The molecule has 0 spiro atoms. The first-order valence-electron chi connectivity index (χ1n) is 6.60. The van der Waals surface area contributed by atoms with Crippen molar-refractivity contribution in [3.05, 3.63) is 70.4 Å². The molecule has 1 nitrogen and oxygen atoms in total. The highest BCUT2D eigenvalue weighted by Gasteiger charge is 2.16. The minimum absolute atomic E-state index is 0.0884. The fourth-order valence-electron chi connectivity index (χ4n) is 2.57. The number of aryl methyl sites for hydroxylation is 1. The van der Waals surface area contributed by atoms with Gasteiger partial charge in [-0.15, -0.1) is 11.3 Å². The number of hydrogen-bond donors (Lipinski definition) is 1. The molecule has 1 atom stereocenters. The van der Waals surface area contributed by atoms with Gasteiger partial charge in [-0.2, -0.15) is 0 Å². The molecule has 1 heterocycles. The lowest BCUT2D eigenvalue weighted by molar-refractivity contribution is 0.614. The van der Waals surface area contributed by atoms with Gasteiger partial charge in [-0.1, -0.05) is 30.3 Å². The fourth-order valence-corrected chi connectivity index (χ4v) is 3.56. The van der Waals surface area contributed by atoms with Crippen molar-refractivity contribution in [3.63, 3.8) is 0 Å². The van der Waals surface area contributed by atoms with E-state index < -0.39 is 0 Å². The standard InChI is InChI=1S/C17H16FNS/c1-11-9-12(7-8-15(11)18)17(19-2)14-10-20-16-6-4-3-5-13(14)16/h3-10,17,19H,1-2H3. The van der Waals surface area contributed by atoms with Crippen LogP contribution in [0.3, 0.4) is 0 Å². The van der Waals surface area contributed by atoms with Crippen molar-refractivity contribution in [1.29, 1.82) is 0 Å². The van der Waals surface area contributed by atoms with E-state index in [1.165, 1.54) is 15.6 Å². The molecule has 0 amide bonds. The summed E-state index contributed by atoms with van der Waals surface area (Å²) < 4.78 is 14.7. The zero-order valence-corrected chi connectivity index (χ0v) is 12.3. The van der Waals surface area contributed by atoms with E-state index in [2.05, 4.69) is 35.0 Å². The summed E-state index contributed by atoms with van der Waals surface area (Å²) in [6.45, 7) is 1.80. The van der Waals surface area contributed by atoms with E-state index in [-0.39, 0.29) is 11.9 Å². The van der Waals surface area contributed by atoms with Crippen LogP contribution in [0, 0.1) is 12.7 Å². The Labute approximate surface area is 122 Å². The number of rotatable bonds is 3. The largest absolute Gasteiger partial charge is 0.309 e. The summed E-state index contributed by atoms with van der Waals surface area (Å²) in [6.07, 6.45) is 0. The van der Waals surface area contributed by atoms with Crippen molar-refractivity contribution in [2.24, 2.45) is 0 Å². The summed E-state index contributed by atoms with van der Waals surface area (Å²) in [5.74, 6) is -0.154. The van der Waals surface area contributed by atoms with Crippen LogP contribution in [0.15, 0.2) is 47.8 Å². The molecule has 1 aromatic heterocycles. The molecule has 0 aliphatic rings. The third-order valence-electron chi connectivity index (χ3n) is 3.63. The van der Waals surface area contributed by atoms with Gasteiger partial charge in [0.25, 0.3) is 0 Å². The molecule has 0 aliphatic heterocycles. The second-order valence-electron chi connectivity index (χ2n) is 4.92. The first-order chi connectivity index (χ1) is 9.70. The lowest BCUT2D eigenvalue weighted by atomic mass is 9.97. The smallest absolute Gasteiger partial charge is 0.126 e. The topological polar surface area (TPSA) is 12.0 Å². The first-order valence-corrected chi connectivity index (χ1v) is 7.48. The Kier molecular flexibility index (Phi) is 3.55. The predicted octanol–water partition coefficient (Wildman–Crippen LogP) is 4.66. The van der Waals surface area contributed by atoms with Gasteiger partial charge in [0.2, 0.25) is 0 Å². The molecule has 3 heteroatoms. The number of nitrogens with one attached hydrogen (secondary N) is 1. The number of benzene rings is 2. The number of fused-ring (bicyclic) bond motifs is 1. The Bertz CT molecular complexity index is 748. The van der Waals surface area contributed by atoms with Gasteiger partial charge >= 0.3 is 0 Å². The molecule has 0 fully saturated rings. The van der Waals surface area contributed by atoms with Crippen LogP contribution in [0.4, 0.5) is 4.39 Å². The van der Waals surface area contributed by atoms with Crippen molar-refractivity contribution in [2.45, 2.75) is 13.0 Å². The Morgan fingerprint density at radius 2 is 1.95 bits per heavy atom. The van der Waals surface area contributed by atoms with Crippen molar-refractivity contribution >= 4 is 21.4 Å². The van der Waals surface area contributed by atoms with Crippen LogP contribution in [0.5, 0.6) is 0 Å². The molecule has 3 rings (SSSR count). The second-order valence-corrected chi connectivity index (χ2v) is 5.83. The Morgan fingerprint density at radius 3 is 2.70 bits per heavy atom. The van der Waals surface area contributed by atoms with Crippen molar-refractivity contribution in [1.82, 2.24) is 5.32 Å². The molecule has 20 heavy (non-hydrogen) atoms. The van der Waals surface area contributed by atoms with Crippen LogP contribution in [-0.2, 0) is 0 Å². The quantitative estimate of drug-likeness (QED) is 0.738. The average molecular weight is 285 g/mol.